The first-order valence-electron chi connectivity index (χ1n) is 9.12. The molecule has 1 aliphatic rings. The van der Waals surface area contributed by atoms with Crippen LogP contribution in [0.1, 0.15) is 49.9 Å². The average molecular weight is 362 g/mol. The van der Waals surface area contributed by atoms with E-state index in [-0.39, 0.29) is 16.6 Å². The topological polar surface area (TPSA) is 57.5 Å². The summed E-state index contributed by atoms with van der Waals surface area (Å²) in [5.74, 6) is -0.806. The first-order valence-corrected chi connectivity index (χ1v) is 9.12. The number of benzene rings is 2. The summed E-state index contributed by atoms with van der Waals surface area (Å²) in [6.07, 6.45) is 7.16. The monoisotopic (exact) mass is 362 g/mol. The fourth-order valence-corrected chi connectivity index (χ4v) is 3.70. The minimum Gasteiger partial charge on any atom is -0.507 e. The van der Waals surface area contributed by atoms with Crippen LogP contribution in [0, 0.1) is 6.92 Å². The number of carboxylic acid groups (broad SMARTS) is 1. The van der Waals surface area contributed by atoms with Crippen LogP contribution in [0.2, 0.25) is 0 Å². The van der Waals surface area contributed by atoms with Gasteiger partial charge in [-0.15, -0.1) is 0 Å². The Morgan fingerprint density at radius 3 is 2.11 bits per heavy atom. The number of aromatic hydroxyl groups is 1. The van der Waals surface area contributed by atoms with Crippen molar-refractivity contribution in [2.75, 3.05) is 0 Å². The molecule has 0 amide bonds. The van der Waals surface area contributed by atoms with E-state index in [1.807, 2.05) is 6.07 Å². The molecule has 0 spiro atoms. The van der Waals surface area contributed by atoms with Crippen molar-refractivity contribution in [3.8, 4) is 16.9 Å². The number of fused-ring (bicyclic) bond motifs is 1. The molecular formula is C24H26O3. The van der Waals surface area contributed by atoms with E-state index in [1.54, 1.807) is 12.1 Å². The van der Waals surface area contributed by atoms with Crippen molar-refractivity contribution in [2.24, 2.45) is 0 Å². The van der Waals surface area contributed by atoms with Crippen LogP contribution in [-0.4, -0.2) is 16.2 Å². The highest BCUT2D eigenvalue weighted by Crippen LogP contribution is 2.44. The number of aliphatic carboxylic acids is 1. The molecule has 2 aromatic rings. The van der Waals surface area contributed by atoms with Gasteiger partial charge in [0.2, 0.25) is 0 Å². The molecule has 3 nitrogen and oxygen atoms in total. The summed E-state index contributed by atoms with van der Waals surface area (Å²) >= 11 is 0. The number of allylic oxidation sites excluding steroid dienone is 2. The summed E-state index contributed by atoms with van der Waals surface area (Å²) in [5, 5.41) is 19.3. The number of phenolic OH excluding ortho intramolecular Hbond substituents is 1. The van der Waals surface area contributed by atoms with Gasteiger partial charge in [-0.05, 0) is 59.0 Å². The highest BCUT2D eigenvalue weighted by molar-refractivity contribution is 5.86. The number of aryl methyl sites for hydroxylation is 1. The third-order valence-corrected chi connectivity index (χ3v) is 5.40. The van der Waals surface area contributed by atoms with Crippen molar-refractivity contribution < 1.29 is 15.0 Å². The Kier molecular flexibility index (Phi) is 4.51. The standard InChI is InChI=1S/C24H26O3/c1-15-12-19-20(24(4,5)11-10-23(19,2)3)14-17(15)18-13-16(6-8-21(18)25)7-9-22(26)27/h6-14,25H,1-5H3,(H,26,27)/b9-7+. The zero-order valence-electron chi connectivity index (χ0n) is 16.5. The van der Waals surface area contributed by atoms with Crippen LogP contribution in [0.4, 0.5) is 0 Å². The van der Waals surface area contributed by atoms with Gasteiger partial charge in [0.15, 0.2) is 0 Å². The summed E-state index contributed by atoms with van der Waals surface area (Å²) in [7, 11) is 0. The molecule has 0 aliphatic heterocycles. The Labute approximate surface area is 160 Å². The summed E-state index contributed by atoms with van der Waals surface area (Å²) in [6.45, 7) is 10.9. The molecule has 140 valence electrons. The van der Waals surface area contributed by atoms with Crippen LogP contribution < -0.4 is 0 Å². The smallest absolute Gasteiger partial charge is 0.328 e. The van der Waals surface area contributed by atoms with Gasteiger partial charge in [-0.1, -0.05) is 52.0 Å². The predicted molar refractivity (Wildman–Crippen MR) is 110 cm³/mol. The molecule has 27 heavy (non-hydrogen) atoms. The molecular weight excluding hydrogens is 336 g/mol. The molecule has 0 unspecified atom stereocenters. The summed E-state index contributed by atoms with van der Waals surface area (Å²) in [5.41, 5.74) is 5.93. The SMILES string of the molecule is Cc1cc2c(cc1-c1cc(/C=C/C(=O)O)ccc1O)C(C)(C)C=CC2(C)C. The van der Waals surface area contributed by atoms with E-state index in [0.717, 1.165) is 22.8 Å². The quantitative estimate of drug-likeness (QED) is 0.553. The average Bonchev–Trinajstić information content (AvgIpc) is 2.58. The number of carbonyl (C=O) groups is 1. The fraction of sp³-hybridized carbons (Fsp3) is 0.292. The molecule has 0 bridgehead atoms. The lowest BCUT2D eigenvalue weighted by Gasteiger charge is -2.37. The fourth-order valence-electron chi connectivity index (χ4n) is 3.70. The van der Waals surface area contributed by atoms with E-state index < -0.39 is 5.97 Å². The predicted octanol–water partition coefficient (Wildman–Crippen LogP) is 5.59. The van der Waals surface area contributed by atoms with Gasteiger partial charge in [0.05, 0.1) is 0 Å². The van der Waals surface area contributed by atoms with Crippen LogP contribution in [0.25, 0.3) is 17.2 Å². The maximum atomic E-state index is 10.8. The molecule has 0 radical (unpaired) electrons. The van der Waals surface area contributed by atoms with Crippen molar-refractivity contribution in [1.82, 2.24) is 0 Å². The number of hydrogen-bond acceptors (Lipinski definition) is 2. The maximum absolute atomic E-state index is 10.8. The van der Waals surface area contributed by atoms with E-state index >= 15 is 0 Å². The highest BCUT2D eigenvalue weighted by Gasteiger charge is 2.33. The molecule has 1 aliphatic carbocycles. The molecule has 2 N–H and O–H groups in total. The van der Waals surface area contributed by atoms with Crippen LogP contribution in [-0.2, 0) is 15.6 Å². The van der Waals surface area contributed by atoms with Crippen molar-refractivity contribution in [3.05, 3.63) is 70.8 Å². The van der Waals surface area contributed by atoms with Crippen LogP contribution >= 0.6 is 0 Å². The normalized spacial score (nSPS) is 17.1. The van der Waals surface area contributed by atoms with Gasteiger partial charge in [0.25, 0.3) is 0 Å². The highest BCUT2D eigenvalue weighted by atomic mass is 16.4. The molecule has 0 aromatic heterocycles. The lowest BCUT2D eigenvalue weighted by molar-refractivity contribution is -0.131. The Balaban J connectivity index is 2.20. The summed E-state index contributed by atoms with van der Waals surface area (Å²) in [6, 6.07) is 9.55. The zero-order valence-corrected chi connectivity index (χ0v) is 16.5. The van der Waals surface area contributed by atoms with Crippen molar-refractivity contribution in [1.29, 1.82) is 0 Å². The van der Waals surface area contributed by atoms with Gasteiger partial charge >= 0.3 is 5.97 Å². The van der Waals surface area contributed by atoms with Gasteiger partial charge in [-0.3, -0.25) is 0 Å². The van der Waals surface area contributed by atoms with E-state index in [4.69, 9.17) is 5.11 Å². The summed E-state index contributed by atoms with van der Waals surface area (Å²) < 4.78 is 0. The van der Waals surface area contributed by atoms with Gasteiger partial charge in [-0.25, -0.2) is 4.79 Å². The van der Waals surface area contributed by atoms with Gasteiger partial charge < -0.3 is 10.2 Å². The second-order valence-corrected chi connectivity index (χ2v) is 8.44. The van der Waals surface area contributed by atoms with Crippen LogP contribution in [0.3, 0.4) is 0 Å². The lowest BCUT2D eigenvalue weighted by Crippen LogP contribution is -2.29. The second kappa shape index (κ2) is 6.41. The summed E-state index contributed by atoms with van der Waals surface area (Å²) in [4.78, 5) is 10.8. The zero-order chi connectivity index (χ0) is 20.0. The molecule has 0 saturated heterocycles. The Morgan fingerprint density at radius 1 is 0.926 bits per heavy atom. The number of carboxylic acids is 1. The number of rotatable bonds is 3. The maximum Gasteiger partial charge on any atom is 0.328 e. The van der Waals surface area contributed by atoms with E-state index in [0.29, 0.717) is 5.56 Å². The van der Waals surface area contributed by atoms with Crippen molar-refractivity contribution >= 4 is 12.0 Å². The van der Waals surface area contributed by atoms with Crippen LogP contribution in [0.5, 0.6) is 5.75 Å². The molecule has 2 aromatic carbocycles. The second-order valence-electron chi connectivity index (χ2n) is 8.44. The Bertz CT molecular complexity index is 975. The van der Waals surface area contributed by atoms with Gasteiger partial charge in [-0.2, -0.15) is 0 Å². The minimum atomic E-state index is -0.995. The van der Waals surface area contributed by atoms with E-state index in [9.17, 15) is 9.90 Å². The number of phenols is 1. The van der Waals surface area contributed by atoms with E-state index in [2.05, 4.69) is 58.9 Å². The third-order valence-electron chi connectivity index (χ3n) is 5.40. The molecule has 0 fully saturated rings. The molecule has 0 saturated carbocycles. The largest absolute Gasteiger partial charge is 0.507 e. The van der Waals surface area contributed by atoms with Crippen LogP contribution in [0.15, 0.2) is 48.6 Å². The molecule has 3 rings (SSSR count). The van der Waals surface area contributed by atoms with Gasteiger partial charge in [0, 0.05) is 22.5 Å². The third kappa shape index (κ3) is 3.55. The van der Waals surface area contributed by atoms with Crippen molar-refractivity contribution in [2.45, 2.75) is 45.4 Å². The Morgan fingerprint density at radius 2 is 1.52 bits per heavy atom. The van der Waals surface area contributed by atoms with Gasteiger partial charge in [0.1, 0.15) is 5.75 Å². The van der Waals surface area contributed by atoms with E-state index in [1.165, 1.54) is 17.2 Å². The Hall–Kier alpha value is -2.81. The minimum absolute atomic E-state index is 0.0394. The first-order chi connectivity index (χ1) is 12.5. The molecule has 0 heterocycles. The first kappa shape index (κ1) is 19.0. The van der Waals surface area contributed by atoms with Crippen molar-refractivity contribution in [3.63, 3.8) is 0 Å². The number of hydrogen-bond donors (Lipinski definition) is 2. The molecule has 0 atom stereocenters. The molecule has 3 heteroatoms. The lowest BCUT2D eigenvalue weighted by atomic mass is 9.67.